The molecule has 2 N–H and O–H groups in total. The summed E-state index contributed by atoms with van der Waals surface area (Å²) in [4.78, 5) is 4.06. The Labute approximate surface area is 193 Å². The number of ether oxygens (including phenoxy) is 1. The summed E-state index contributed by atoms with van der Waals surface area (Å²) in [6.07, 6.45) is -3.84. The molecule has 0 aromatic heterocycles. The third-order valence-corrected chi connectivity index (χ3v) is 5.93. The molecule has 0 saturated carbocycles. The highest BCUT2D eigenvalue weighted by atomic mass is 127. The third-order valence-electron chi connectivity index (χ3n) is 4.07. The lowest BCUT2D eigenvalue weighted by molar-refractivity contribution is -0.153. The predicted molar refractivity (Wildman–Crippen MR) is 123 cm³/mol. The number of nitrogens with one attached hydrogen (secondary N) is 2. The fraction of sp³-hybridized carbons (Fsp3) is 0.611. The highest BCUT2D eigenvalue weighted by molar-refractivity contribution is 14.0. The van der Waals surface area contributed by atoms with Crippen molar-refractivity contribution in [2.24, 2.45) is 4.99 Å². The molecule has 0 radical (unpaired) electrons. The molecule has 0 heterocycles. The summed E-state index contributed by atoms with van der Waals surface area (Å²) in [7, 11) is -0.107. The van der Waals surface area contributed by atoms with Crippen molar-refractivity contribution in [2.45, 2.75) is 33.0 Å². The number of aliphatic imine (C=N–C) groups is 1. The average molecular weight is 566 g/mol. The first-order valence-electron chi connectivity index (χ1n) is 9.16. The summed E-state index contributed by atoms with van der Waals surface area (Å²) in [5.74, 6) is 0.667. The van der Waals surface area contributed by atoms with Gasteiger partial charge < -0.3 is 15.4 Å². The molecule has 0 saturated heterocycles. The van der Waals surface area contributed by atoms with Crippen molar-refractivity contribution in [2.75, 3.05) is 39.5 Å². The molecule has 1 aromatic rings. The number of aryl methyl sites for hydroxylation is 1. The number of guanidine groups is 1. The maximum Gasteiger partial charge on any atom is 0.422 e. The molecule has 30 heavy (non-hydrogen) atoms. The quantitative estimate of drug-likeness (QED) is 0.197. The van der Waals surface area contributed by atoms with Crippen molar-refractivity contribution in [3.8, 4) is 5.75 Å². The molecule has 0 atom stereocenters. The van der Waals surface area contributed by atoms with Crippen LogP contribution in [0.5, 0.6) is 5.75 Å². The van der Waals surface area contributed by atoms with Crippen LogP contribution in [0.3, 0.4) is 0 Å². The molecule has 0 bridgehead atoms. The van der Waals surface area contributed by atoms with Crippen molar-refractivity contribution in [1.82, 2.24) is 14.9 Å². The minimum absolute atomic E-state index is 0. The van der Waals surface area contributed by atoms with E-state index in [0.29, 0.717) is 31.0 Å². The lowest BCUT2D eigenvalue weighted by atomic mass is 10.1. The van der Waals surface area contributed by atoms with E-state index in [1.54, 1.807) is 39.1 Å². The minimum Gasteiger partial charge on any atom is -0.484 e. The molecular weight excluding hydrogens is 536 g/mol. The van der Waals surface area contributed by atoms with Gasteiger partial charge in [-0.2, -0.15) is 13.2 Å². The van der Waals surface area contributed by atoms with E-state index < -0.39 is 22.8 Å². The van der Waals surface area contributed by atoms with Gasteiger partial charge in [-0.05, 0) is 31.9 Å². The molecule has 0 amide bonds. The Bertz CT molecular complexity index is 789. The van der Waals surface area contributed by atoms with Crippen LogP contribution >= 0.6 is 24.0 Å². The summed E-state index contributed by atoms with van der Waals surface area (Å²) >= 11 is 0. The Hall–Kier alpha value is -1.28. The molecule has 0 unspecified atom stereocenters. The van der Waals surface area contributed by atoms with Crippen LogP contribution in [-0.4, -0.2) is 64.4 Å². The van der Waals surface area contributed by atoms with Crippen LogP contribution in [0, 0.1) is 6.92 Å². The molecule has 12 heteroatoms. The maximum atomic E-state index is 12.5. The normalized spacial score (nSPS) is 12.5. The molecular formula is C18H30F3IN4O3S. The number of hydrogen-bond donors (Lipinski definition) is 2. The van der Waals surface area contributed by atoms with E-state index >= 15 is 0 Å². The van der Waals surface area contributed by atoms with E-state index in [1.807, 2.05) is 0 Å². The second-order valence-corrected chi connectivity index (χ2v) is 8.81. The first-order chi connectivity index (χ1) is 13.5. The molecule has 0 fully saturated rings. The largest absolute Gasteiger partial charge is 0.484 e. The van der Waals surface area contributed by atoms with Gasteiger partial charge in [0.25, 0.3) is 0 Å². The second kappa shape index (κ2) is 13.2. The minimum atomic E-state index is -4.41. The number of alkyl halides is 3. The molecule has 0 aliphatic rings. The Kier molecular flexibility index (Phi) is 12.6. The van der Waals surface area contributed by atoms with Gasteiger partial charge >= 0.3 is 6.18 Å². The fourth-order valence-corrected chi connectivity index (χ4v) is 3.22. The molecule has 0 aliphatic heterocycles. The zero-order valence-electron chi connectivity index (χ0n) is 17.5. The number of halogens is 4. The first kappa shape index (κ1) is 28.7. The van der Waals surface area contributed by atoms with Crippen molar-refractivity contribution >= 4 is 40.0 Å². The molecule has 1 rings (SSSR count). The van der Waals surface area contributed by atoms with Gasteiger partial charge in [-0.3, -0.25) is 4.99 Å². The number of hydrogen-bond acceptors (Lipinski definition) is 4. The molecule has 0 aliphatic carbocycles. The van der Waals surface area contributed by atoms with Crippen LogP contribution in [0.25, 0.3) is 0 Å². The van der Waals surface area contributed by atoms with Crippen molar-refractivity contribution in [3.05, 3.63) is 29.3 Å². The van der Waals surface area contributed by atoms with E-state index in [-0.39, 0.29) is 42.0 Å². The highest BCUT2D eigenvalue weighted by Crippen LogP contribution is 2.23. The van der Waals surface area contributed by atoms with Crippen molar-refractivity contribution in [3.63, 3.8) is 0 Å². The molecule has 0 spiro atoms. The number of sulfonamides is 1. The summed E-state index contributed by atoms with van der Waals surface area (Å²) < 4.78 is 67.0. The summed E-state index contributed by atoms with van der Waals surface area (Å²) in [5, 5.41) is 6.07. The number of rotatable bonds is 10. The van der Waals surface area contributed by atoms with Gasteiger partial charge in [0.1, 0.15) is 5.75 Å². The standard InChI is InChI=1S/C18H29F3N4O3S.HI/c1-5-29(26,27)25(4)10-6-9-23-17(22-3)24-12-15-8-7-14(2)11-16(15)28-13-18(19,20)21;/h7-8,11H,5-6,9-10,12-13H2,1-4H3,(H2,22,23,24);1H. The second-order valence-electron chi connectivity index (χ2n) is 6.44. The monoisotopic (exact) mass is 566 g/mol. The highest BCUT2D eigenvalue weighted by Gasteiger charge is 2.28. The van der Waals surface area contributed by atoms with E-state index in [1.165, 1.54) is 11.4 Å². The lowest BCUT2D eigenvalue weighted by Crippen LogP contribution is -2.38. The fourth-order valence-electron chi connectivity index (χ4n) is 2.37. The van der Waals surface area contributed by atoms with E-state index in [9.17, 15) is 21.6 Å². The maximum absolute atomic E-state index is 12.5. The Morgan fingerprint density at radius 2 is 1.93 bits per heavy atom. The van der Waals surface area contributed by atoms with Gasteiger partial charge in [0, 0.05) is 39.3 Å². The van der Waals surface area contributed by atoms with Crippen LogP contribution in [0.1, 0.15) is 24.5 Å². The van der Waals surface area contributed by atoms with Crippen LogP contribution in [-0.2, 0) is 16.6 Å². The van der Waals surface area contributed by atoms with Gasteiger partial charge in [0.15, 0.2) is 12.6 Å². The molecule has 174 valence electrons. The van der Waals surface area contributed by atoms with Crippen molar-refractivity contribution in [1.29, 1.82) is 0 Å². The summed E-state index contributed by atoms with van der Waals surface area (Å²) in [6, 6.07) is 5.05. The Morgan fingerprint density at radius 3 is 2.50 bits per heavy atom. The first-order valence-corrected chi connectivity index (χ1v) is 10.8. The van der Waals surface area contributed by atoms with E-state index in [4.69, 9.17) is 4.74 Å². The van der Waals surface area contributed by atoms with Crippen LogP contribution in [0.15, 0.2) is 23.2 Å². The van der Waals surface area contributed by atoms with Gasteiger partial charge in [0.2, 0.25) is 10.0 Å². The Balaban J connectivity index is 0.00000841. The van der Waals surface area contributed by atoms with Crippen molar-refractivity contribution < 1.29 is 26.3 Å². The zero-order valence-corrected chi connectivity index (χ0v) is 20.7. The topological polar surface area (TPSA) is 83.0 Å². The smallest absolute Gasteiger partial charge is 0.422 e. The number of benzene rings is 1. The predicted octanol–water partition coefficient (Wildman–Crippen LogP) is 2.89. The zero-order chi connectivity index (χ0) is 22.1. The summed E-state index contributed by atoms with van der Waals surface area (Å²) in [6.45, 7) is 3.07. The number of nitrogens with zero attached hydrogens (tertiary/aromatic N) is 2. The van der Waals surface area contributed by atoms with Crippen LogP contribution in [0.4, 0.5) is 13.2 Å². The summed E-state index contributed by atoms with van der Waals surface area (Å²) in [5.41, 5.74) is 1.36. The van der Waals surface area contributed by atoms with Gasteiger partial charge in [0.05, 0.1) is 5.75 Å². The van der Waals surface area contributed by atoms with E-state index in [0.717, 1.165) is 5.56 Å². The molecule has 7 nitrogen and oxygen atoms in total. The van der Waals surface area contributed by atoms with Crippen LogP contribution < -0.4 is 15.4 Å². The van der Waals surface area contributed by atoms with Crippen LogP contribution in [0.2, 0.25) is 0 Å². The van der Waals surface area contributed by atoms with E-state index in [2.05, 4.69) is 15.6 Å². The SMILES string of the molecule is CCS(=O)(=O)N(C)CCCNC(=NC)NCc1ccc(C)cc1OCC(F)(F)F.I. The van der Waals surface area contributed by atoms with Gasteiger partial charge in [-0.15, -0.1) is 24.0 Å². The third kappa shape index (κ3) is 10.7. The lowest BCUT2D eigenvalue weighted by Gasteiger charge is -2.18. The van der Waals surface area contributed by atoms with Gasteiger partial charge in [-0.1, -0.05) is 12.1 Å². The molecule has 1 aromatic carbocycles. The Morgan fingerprint density at radius 1 is 1.27 bits per heavy atom. The average Bonchev–Trinajstić information content (AvgIpc) is 2.65. The van der Waals surface area contributed by atoms with Gasteiger partial charge in [-0.25, -0.2) is 12.7 Å².